The maximum Gasteiger partial charge on any atom is 0.416 e. The first-order valence-electron chi connectivity index (χ1n) is 9.26. The third kappa shape index (κ3) is 4.73. The van der Waals surface area contributed by atoms with Crippen LogP contribution in [0, 0.1) is 11.3 Å². The van der Waals surface area contributed by atoms with Gasteiger partial charge in [0.15, 0.2) is 0 Å². The van der Waals surface area contributed by atoms with E-state index in [-0.39, 0.29) is 31.5 Å². The number of nitrogens with one attached hydrogen (secondary N) is 1. The van der Waals surface area contributed by atoms with Crippen LogP contribution in [-0.2, 0) is 11.0 Å². The van der Waals surface area contributed by atoms with Gasteiger partial charge in [0.05, 0.1) is 24.7 Å². The van der Waals surface area contributed by atoms with Crippen molar-refractivity contribution >= 4 is 11.6 Å². The van der Waals surface area contributed by atoms with Gasteiger partial charge >= 0.3 is 6.18 Å². The summed E-state index contributed by atoms with van der Waals surface area (Å²) >= 11 is 0. The average Bonchev–Trinajstić information content (AvgIpc) is 3.07. The lowest BCUT2D eigenvalue weighted by Crippen LogP contribution is -2.47. The second-order valence-corrected chi connectivity index (χ2v) is 7.21. The van der Waals surface area contributed by atoms with E-state index in [1.807, 2.05) is 11.0 Å². The number of hydrogen-bond donors (Lipinski definition) is 1. The van der Waals surface area contributed by atoms with Gasteiger partial charge in [0.1, 0.15) is 12.2 Å². The molecule has 0 bridgehead atoms. The van der Waals surface area contributed by atoms with Gasteiger partial charge in [-0.25, -0.2) is 4.39 Å². The molecule has 1 N–H and O–H groups in total. The minimum absolute atomic E-state index is 0.0366. The van der Waals surface area contributed by atoms with Crippen LogP contribution in [-0.4, -0.2) is 55.2 Å². The van der Waals surface area contributed by atoms with Crippen LogP contribution in [0.5, 0.6) is 0 Å². The van der Waals surface area contributed by atoms with Crippen molar-refractivity contribution in [2.24, 2.45) is 0 Å². The summed E-state index contributed by atoms with van der Waals surface area (Å²) in [6.07, 6.45) is -3.96. The quantitative estimate of drug-likeness (QED) is 0.793. The summed E-state index contributed by atoms with van der Waals surface area (Å²) in [5.74, 6) is -0.281. The van der Waals surface area contributed by atoms with Crippen LogP contribution in [0.2, 0.25) is 0 Å². The van der Waals surface area contributed by atoms with Gasteiger partial charge in [0.2, 0.25) is 5.91 Å². The Bertz CT molecular complexity index is 723. The van der Waals surface area contributed by atoms with Crippen molar-refractivity contribution in [2.75, 3.05) is 31.1 Å². The summed E-state index contributed by atoms with van der Waals surface area (Å²) in [6.45, 7) is 1.34. The Hall–Kier alpha value is -2.34. The lowest BCUT2D eigenvalue weighted by Gasteiger charge is -2.34. The van der Waals surface area contributed by atoms with E-state index in [2.05, 4.69) is 5.32 Å². The average molecular weight is 398 g/mol. The molecule has 28 heavy (non-hydrogen) atoms. The van der Waals surface area contributed by atoms with Crippen LogP contribution in [0.1, 0.15) is 24.8 Å². The van der Waals surface area contributed by atoms with Gasteiger partial charge in [-0.3, -0.25) is 4.79 Å². The lowest BCUT2D eigenvalue weighted by molar-refractivity contribution is -0.137. The number of carbonyl (C=O) groups excluding carboxylic acids is 1. The molecular weight excluding hydrogens is 376 g/mol. The van der Waals surface area contributed by atoms with Crippen LogP contribution in [0.25, 0.3) is 0 Å². The van der Waals surface area contributed by atoms with E-state index in [4.69, 9.17) is 5.26 Å². The molecule has 1 amide bonds. The van der Waals surface area contributed by atoms with Gasteiger partial charge in [-0.15, -0.1) is 0 Å². The zero-order valence-electron chi connectivity index (χ0n) is 15.3. The van der Waals surface area contributed by atoms with E-state index in [1.165, 1.54) is 17.0 Å². The number of anilines is 1. The molecule has 9 heteroatoms. The van der Waals surface area contributed by atoms with Gasteiger partial charge in [-0.1, -0.05) is 0 Å². The van der Waals surface area contributed by atoms with Crippen molar-refractivity contribution in [1.29, 1.82) is 5.26 Å². The summed E-state index contributed by atoms with van der Waals surface area (Å²) in [4.78, 5) is 15.5. The highest BCUT2D eigenvalue weighted by atomic mass is 19.4. The number of likely N-dealkylation sites (tertiary alicyclic amines) is 1. The molecule has 0 saturated carbocycles. The third-order valence-corrected chi connectivity index (χ3v) is 5.32. The first kappa shape index (κ1) is 20.4. The number of rotatable bonds is 4. The second kappa shape index (κ2) is 8.35. The number of nitriles is 1. The van der Waals surface area contributed by atoms with E-state index in [1.54, 1.807) is 0 Å². The first-order valence-corrected chi connectivity index (χ1v) is 9.26. The van der Waals surface area contributed by atoms with Crippen LogP contribution in [0.15, 0.2) is 24.3 Å². The van der Waals surface area contributed by atoms with Crippen LogP contribution in [0.3, 0.4) is 0 Å². The second-order valence-electron chi connectivity index (χ2n) is 7.21. The van der Waals surface area contributed by atoms with Crippen molar-refractivity contribution in [1.82, 2.24) is 10.2 Å². The van der Waals surface area contributed by atoms with Gasteiger partial charge in [-0.05, 0) is 37.1 Å². The molecule has 0 unspecified atom stereocenters. The zero-order chi connectivity index (χ0) is 20.3. The molecule has 2 aliphatic heterocycles. The molecule has 152 valence electrons. The number of carbonyl (C=O) groups is 1. The van der Waals surface area contributed by atoms with Crippen molar-refractivity contribution in [2.45, 2.75) is 43.7 Å². The number of halogens is 4. The molecule has 2 fully saturated rings. The normalized spacial score (nSPS) is 23.7. The van der Waals surface area contributed by atoms with Crippen LogP contribution >= 0.6 is 0 Å². The minimum Gasteiger partial charge on any atom is -0.371 e. The predicted octanol–water partition coefficient (Wildman–Crippen LogP) is 2.73. The Balaban J connectivity index is 1.45. The zero-order valence-corrected chi connectivity index (χ0v) is 15.3. The Morgan fingerprint density at radius 3 is 2.43 bits per heavy atom. The Morgan fingerprint density at radius 1 is 1.21 bits per heavy atom. The van der Waals surface area contributed by atoms with E-state index in [0.717, 1.165) is 30.7 Å². The van der Waals surface area contributed by atoms with E-state index in [0.29, 0.717) is 13.1 Å². The Morgan fingerprint density at radius 2 is 1.86 bits per heavy atom. The summed E-state index contributed by atoms with van der Waals surface area (Å²) in [7, 11) is 0. The maximum absolute atomic E-state index is 13.4. The van der Waals surface area contributed by atoms with Crippen LogP contribution in [0.4, 0.5) is 23.2 Å². The maximum atomic E-state index is 13.4. The molecule has 0 radical (unpaired) electrons. The number of amides is 1. The molecule has 1 aromatic carbocycles. The van der Waals surface area contributed by atoms with E-state index < -0.39 is 24.0 Å². The highest BCUT2D eigenvalue weighted by molar-refractivity contribution is 5.79. The third-order valence-electron chi connectivity index (χ3n) is 5.32. The lowest BCUT2D eigenvalue weighted by atomic mass is 10.0. The monoisotopic (exact) mass is 398 g/mol. The number of piperidine rings is 1. The standard InChI is InChI=1S/C19H22F4N4O/c20-14-9-17(10-24)27(12-14)18(28)11-25-15-5-7-26(8-6-15)16-3-1-13(2-4-16)19(21,22)23/h1-4,14-15,17,25H,5-9,11-12H2/t14-,17-/m0/s1. The highest BCUT2D eigenvalue weighted by Gasteiger charge is 2.35. The van der Waals surface area contributed by atoms with E-state index >= 15 is 0 Å². The highest BCUT2D eigenvalue weighted by Crippen LogP contribution is 2.31. The van der Waals surface area contributed by atoms with Gasteiger partial charge in [0.25, 0.3) is 0 Å². The van der Waals surface area contributed by atoms with Crippen molar-refractivity contribution in [3.05, 3.63) is 29.8 Å². The molecule has 0 aliphatic carbocycles. The molecule has 2 aliphatic rings. The minimum atomic E-state index is -4.34. The van der Waals surface area contributed by atoms with Crippen LogP contribution < -0.4 is 10.2 Å². The predicted molar refractivity (Wildman–Crippen MR) is 95.3 cm³/mol. The molecule has 2 heterocycles. The number of hydrogen-bond acceptors (Lipinski definition) is 4. The molecule has 2 saturated heterocycles. The smallest absolute Gasteiger partial charge is 0.371 e. The largest absolute Gasteiger partial charge is 0.416 e. The molecule has 1 aromatic rings. The molecule has 3 rings (SSSR count). The van der Waals surface area contributed by atoms with Crippen molar-refractivity contribution in [3.63, 3.8) is 0 Å². The SMILES string of the molecule is N#C[C@@H]1C[C@H](F)CN1C(=O)CNC1CCN(c2ccc(C(F)(F)F)cc2)CC1. The summed E-state index contributed by atoms with van der Waals surface area (Å²) in [6, 6.07) is 6.47. The fourth-order valence-electron chi connectivity index (χ4n) is 3.72. The van der Waals surface area contributed by atoms with Gasteiger partial charge in [-0.2, -0.15) is 18.4 Å². The Labute approximate surface area is 160 Å². The molecule has 5 nitrogen and oxygen atoms in total. The fraction of sp³-hybridized carbons (Fsp3) is 0.579. The summed E-state index contributed by atoms with van der Waals surface area (Å²) < 4.78 is 51.4. The van der Waals surface area contributed by atoms with Gasteiger partial charge in [0, 0.05) is 31.2 Å². The number of benzene rings is 1. The van der Waals surface area contributed by atoms with E-state index in [9.17, 15) is 22.4 Å². The molecule has 0 spiro atoms. The number of alkyl halides is 4. The topological polar surface area (TPSA) is 59.4 Å². The van der Waals surface area contributed by atoms with Crippen molar-refractivity contribution in [3.8, 4) is 6.07 Å². The molecule has 2 atom stereocenters. The van der Waals surface area contributed by atoms with Gasteiger partial charge < -0.3 is 15.1 Å². The van der Waals surface area contributed by atoms with Crippen molar-refractivity contribution < 1.29 is 22.4 Å². The Kier molecular flexibility index (Phi) is 6.08. The first-order chi connectivity index (χ1) is 13.3. The number of nitrogens with zero attached hydrogens (tertiary/aromatic N) is 3. The summed E-state index contributed by atoms with van der Waals surface area (Å²) in [5.41, 5.74) is 0.0739. The molecular formula is C19H22F4N4O. The fourth-order valence-corrected chi connectivity index (χ4v) is 3.72. The summed E-state index contributed by atoms with van der Waals surface area (Å²) in [5, 5.41) is 12.2. The molecule has 0 aromatic heterocycles.